The lowest BCUT2D eigenvalue weighted by Gasteiger charge is -2.23. The fourth-order valence-electron chi connectivity index (χ4n) is 2.68. The van der Waals surface area contributed by atoms with Gasteiger partial charge in [-0.2, -0.15) is 11.8 Å². The van der Waals surface area contributed by atoms with E-state index in [2.05, 4.69) is 10.3 Å². The maximum Gasteiger partial charge on any atom is 0.227 e. The van der Waals surface area contributed by atoms with Crippen LogP contribution in [0.15, 0.2) is 60.7 Å². The highest BCUT2D eigenvalue weighted by Gasteiger charge is 2.19. The van der Waals surface area contributed by atoms with Gasteiger partial charge in [0.1, 0.15) is 5.17 Å². The average molecular weight is 479 g/mol. The number of anilines is 1. The van der Waals surface area contributed by atoms with Crippen molar-refractivity contribution in [3.05, 3.63) is 71.3 Å². The van der Waals surface area contributed by atoms with Crippen LogP contribution in [0.5, 0.6) is 0 Å². The van der Waals surface area contributed by atoms with Crippen molar-refractivity contribution in [2.75, 3.05) is 23.4 Å². The van der Waals surface area contributed by atoms with Crippen molar-refractivity contribution < 1.29 is 9.59 Å². The Morgan fingerprint density at radius 3 is 2.52 bits per heavy atom. The van der Waals surface area contributed by atoms with Crippen molar-refractivity contribution in [3.63, 3.8) is 0 Å². The van der Waals surface area contributed by atoms with Crippen LogP contribution < -0.4 is 5.32 Å². The quantitative estimate of drug-likeness (QED) is 0.240. The zero-order valence-corrected chi connectivity index (χ0v) is 19.4. The second-order valence-corrected chi connectivity index (χ2v) is 8.45. The number of ketones is 1. The molecule has 9 heteroatoms. The predicted octanol–water partition coefficient (Wildman–Crippen LogP) is 5.45. The van der Waals surface area contributed by atoms with Crippen LogP contribution in [0.4, 0.5) is 5.69 Å². The lowest BCUT2D eigenvalue weighted by atomic mass is 10.1. The van der Waals surface area contributed by atoms with Gasteiger partial charge in [-0.25, -0.2) is 0 Å². The number of nitrogens with zero attached hydrogens (tertiary/aromatic N) is 2. The van der Waals surface area contributed by atoms with Gasteiger partial charge in [0.05, 0.1) is 17.6 Å². The molecular weight excluding hydrogens is 455 g/mol. The Labute approximate surface area is 196 Å². The van der Waals surface area contributed by atoms with Crippen molar-refractivity contribution in [3.8, 4) is 0 Å². The fraction of sp³-hybridized carbons (Fsp3) is 0.273. The second-order valence-electron chi connectivity index (χ2n) is 6.41. The first-order valence-electron chi connectivity index (χ1n) is 9.70. The van der Waals surface area contributed by atoms with Crippen LogP contribution in [-0.4, -0.2) is 44.8 Å². The number of hydrogen-bond donors (Lipinski definition) is 2. The van der Waals surface area contributed by atoms with E-state index in [1.807, 2.05) is 13.0 Å². The number of amides is 1. The molecule has 1 amide bonds. The molecule has 2 N–H and O–H groups in total. The van der Waals surface area contributed by atoms with E-state index in [4.69, 9.17) is 28.6 Å². The largest absolute Gasteiger partial charge is 0.358 e. The maximum atomic E-state index is 12.7. The number of nitrogens with one attached hydrogen (secondary N) is 2. The van der Waals surface area contributed by atoms with Crippen LogP contribution in [0, 0.1) is 5.41 Å². The van der Waals surface area contributed by atoms with Crippen LogP contribution in [-0.2, 0) is 4.79 Å². The second kappa shape index (κ2) is 13.1. The summed E-state index contributed by atoms with van der Waals surface area (Å²) in [6.07, 6.45) is 5.49. The minimum atomic E-state index is -0.229. The zero-order valence-electron chi connectivity index (χ0n) is 17.1. The molecule has 0 saturated carbocycles. The number of aromatic nitrogens is 1. The number of benzene rings is 1. The molecule has 0 aliphatic heterocycles. The van der Waals surface area contributed by atoms with Crippen molar-refractivity contribution in [2.24, 2.45) is 0 Å². The van der Waals surface area contributed by atoms with E-state index in [0.29, 0.717) is 40.8 Å². The van der Waals surface area contributed by atoms with Crippen LogP contribution in [0.2, 0.25) is 5.02 Å². The molecule has 31 heavy (non-hydrogen) atoms. The topological polar surface area (TPSA) is 86.2 Å². The summed E-state index contributed by atoms with van der Waals surface area (Å²) < 4.78 is 0. The molecule has 1 heterocycles. The van der Waals surface area contributed by atoms with Gasteiger partial charge in [0, 0.05) is 53.9 Å². The highest BCUT2D eigenvalue weighted by molar-refractivity contribution is 7.99. The van der Waals surface area contributed by atoms with Crippen LogP contribution in [0.25, 0.3) is 0 Å². The number of rotatable bonds is 12. The van der Waals surface area contributed by atoms with Crippen LogP contribution in [0.1, 0.15) is 30.1 Å². The number of carbonyl (C=O) groups excluding carboxylic acids is 2. The predicted molar refractivity (Wildman–Crippen MR) is 129 cm³/mol. The van der Waals surface area contributed by atoms with E-state index in [9.17, 15) is 9.59 Å². The Bertz CT molecular complexity index is 921. The van der Waals surface area contributed by atoms with Gasteiger partial charge in [-0.3, -0.25) is 20.0 Å². The summed E-state index contributed by atoms with van der Waals surface area (Å²) in [5, 5.41) is 11.2. The standard InChI is InChI=1S/C22H24Cl2N4O2S/c1-2-28(19(22(24)25)15-27-18-4-3-11-26-14-18)21(30)10-13-31-12-9-20(29)16-5-7-17(23)8-6-16/h3-8,11,14-15,25,27H,2,9-10,12-13H2,1H3/b19-15+,25-22?. The molecule has 0 bridgehead atoms. The van der Waals surface area contributed by atoms with Crippen LogP contribution in [0.3, 0.4) is 0 Å². The highest BCUT2D eigenvalue weighted by Crippen LogP contribution is 2.16. The number of pyridine rings is 1. The third kappa shape index (κ3) is 8.36. The average Bonchev–Trinajstić information content (AvgIpc) is 2.77. The van der Waals surface area contributed by atoms with Gasteiger partial charge in [0.25, 0.3) is 0 Å². The Morgan fingerprint density at radius 1 is 1.19 bits per heavy atom. The minimum Gasteiger partial charge on any atom is -0.358 e. The molecule has 2 rings (SSSR count). The van der Waals surface area contributed by atoms with Crippen molar-refractivity contribution >= 4 is 57.5 Å². The lowest BCUT2D eigenvalue weighted by molar-refractivity contribution is -0.128. The molecule has 1 aromatic heterocycles. The number of allylic oxidation sites excluding steroid dienone is 1. The number of hydrogen-bond acceptors (Lipinski definition) is 6. The van der Waals surface area contributed by atoms with E-state index >= 15 is 0 Å². The number of thioether (sulfide) groups is 1. The van der Waals surface area contributed by atoms with Gasteiger partial charge >= 0.3 is 0 Å². The molecule has 164 valence electrons. The number of halogens is 2. The summed E-state index contributed by atoms with van der Waals surface area (Å²) >= 11 is 13.3. The third-order valence-electron chi connectivity index (χ3n) is 4.27. The van der Waals surface area contributed by atoms with E-state index in [1.165, 1.54) is 11.1 Å². The SMILES string of the molecule is CCN(C(=O)CCSCCC(=O)c1ccc(Cl)cc1)/C(=C/Nc1cccnc1)C(=N)Cl. The summed E-state index contributed by atoms with van der Waals surface area (Å²) in [6.45, 7) is 2.21. The molecule has 0 radical (unpaired) electrons. The molecule has 0 aliphatic carbocycles. The van der Waals surface area contributed by atoms with Gasteiger partial charge in [0.15, 0.2) is 5.78 Å². The first-order valence-corrected chi connectivity index (χ1v) is 11.6. The zero-order chi connectivity index (χ0) is 22.6. The molecule has 0 atom stereocenters. The molecule has 0 unspecified atom stereocenters. The summed E-state index contributed by atoms with van der Waals surface area (Å²) in [7, 11) is 0. The van der Waals surface area contributed by atoms with Gasteiger partial charge in [-0.15, -0.1) is 0 Å². The Hall–Kier alpha value is -2.35. The third-order valence-corrected chi connectivity index (χ3v) is 5.70. The van der Waals surface area contributed by atoms with Crippen molar-refractivity contribution in [2.45, 2.75) is 19.8 Å². The van der Waals surface area contributed by atoms with Gasteiger partial charge in [0.2, 0.25) is 5.91 Å². The first kappa shape index (κ1) is 24.9. The molecular formula is C22H24Cl2N4O2S. The smallest absolute Gasteiger partial charge is 0.227 e. The van der Waals surface area contributed by atoms with Crippen molar-refractivity contribution in [1.29, 1.82) is 5.41 Å². The van der Waals surface area contributed by atoms with Gasteiger partial charge in [-0.05, 0) is 43.3 Å². The molecule has 1 aromatic carbocycles. The fourth-order valence-corrected chi connectivity index (χ4v) is 3.82. The molecule has 0 spiro atoms. The van der Waals surface area contributed by atoms with Crippen LogP contribution >= 0.6 is 35.0 Å². The van der Waals surface area contributed by atoms with Crippen molar-refractivity contribution in [1.82, 2.24) is 9.88 Å². The normalized spacial score (nSPS) is 11.1. The summed E-state index contributed by atoms with van der Waals surface area (Å²) in [5.41, 5.74) is 1.65. The van der Waals surface area contributed by atoms with E-state index < -0.39 is 0 Å². The Kier molecular flexibility index (Phi) is 10.6. The lowest BCUT2D eigenvalue weighted by Crippen LogP contribution is -2.33. The molecule has 0 aliphatic rings. The molecule has 2 aromatic rings. The van der Waals surface area contributed by atoms with Gasteiger partial charge in [-0.1, -0.05) is 23.2 Å². The molecule has 6 nitrogen and oxygen atoms in total. The summed E-state index contributed by atoms with van der Waals surface area (Å²) in [6, 6.07) is 10.4. The minimum absolute atomic E-state index is 0.0490. The Morgan fingerprint density at radius 2 is 1.90 bits per heavy atom. The van der Waals surface area contributed by atoms with E-state index in [1.54, 1.807) is 54.5 Å². The maximum absolute atomic E-state index is 12.7. The summed E-state index contributed by atoms with van der Waals surface area (Å²) in [4.78, 5) is 30.3. The number of Topliss-reactive ketones (excluding diaryl/α,β-unsaturated/α-hetero) is 1. The summed E-state index contributed by atoms with van der Waals surface area (Å²) in [5.74, 6) is 1.11. The first-order chi connectivity index (χ1) is 14.9. The Balaban J connectivity index is 1.83. The van der Waals surface area contributed by atoms with E-state index in [-0.39, 0.29) is 23.3 Å². The molecule has 0 saturated heterocycles. The van der Waals surface area contributed by atoms with E-state index in [0.717, 1.165) is 5.69 Å². The van der Waals surface area contributed by atoms with Gasteiger partial charge < -0.3 is 10.2 Å². The monoisotopic (exact) mass is 478 g/mol. The number of carbonyl (C=O) groups is 2. The molecule has 0 fully saturated rings. The highest BCUT2D eigenvalue weighted by atomic mass is 35.5.